The lowest BCUT2D eigenvalue weighted by atomic mass is 10.1. The Morgan fingerprint density at radius 2 is 2.08 bits per heavy atom. The highest BCUT2D eigenvalue weighted by molar-refractivity contribution is 5.91. The molecule has 1 aromatic heterocycles. The normalized spacial score (nSPS) is 17.1. The van der Waals surface area contributed by atoms with Gasteiger partial charge in [0.25, 0.3) is 5.91 Å². The zero-order valence-corrected chi connectivity index (χ0v) is 14.7. The zero-order valence-electron chi connectivity index (χ0n) is 14.7. The second-order valence-electron chi connectivity index (χ2n) is 6.70. The predicted octanol–water partition coefficient (Wildman–Crippen LogP) is 2.61. The van der Waals surface area contributed by atoms with E-state index in [9.17, 15) is 14.0 Å². The molecule has 1 N–H and O–H groups in total. The van der Waals surface area contributed by atoms with Crippen molar-refractivity contribution in [1.29, 1.82) is 0 Å². The van der Waals surface area contributed by atoms with Gasteiger partial charge in [-0.25, -0.2) is 14.1 Å². The van der Waals surface area contributed by atoms with E-state index in [-0.39, 0.29) is 29.9 Å². The van der Waals surface area contributed by atoms with Crippen LogP contribution in [0.1, 0.15) is 55.5 Å². The van der Waals surface area contributed by atoms with Crippen molar-refractivity contribution in [2.45, 2.75) is 45.1 Å². The van der Waals surface area contributed by atoms with Crippen molar-refractivity contribution in [2.24, 2.45) is 0 Å². The summed E-state index contributed by atoms with van der Waals surface area (Å²) in [6, 6.07) is 5.81. The molecule has 1 unspecified atom stereocenters. The smallest absolute Gasteiger partial charge is 0.305 e. The Hall–Kier alpha value is -2.77. The summed E-state index contributed by atoms with van der Waals surface area (Å²) in [5.41, 5.74) is 0.228. The summed E-state index contributed by atoms with van der Waals surface area (Å²) in [5.74, 6) is -1.44. The van der Waals surface area contributed by atoms with Crippen molar-refractivity contribution in [3.63, 3.8) is 0 Å². The zero-order chi connectivity index (χ0) is 18.8. The summed E-state index contributed by atoms with van der Waals surface area (Å²) in [5, 5.41) is 13.3. The Morgan fingerprint density at radius 1 is 1.35 bits per heavy atom. The van der Waals surface area contributed by atoms with E-state index in [0.29, 0.717) is 18.8 Å². The molecule has 0 bridgehead atoms. The van der Waals surface area contributed by atoms with Crippen molar-refractivity contribution in [3.8, 4) is 5.69 Å². The largest absolute Gasteiger partial charge is 0.481 e. The number of hydrogen-bond donors (Lipinski definition) is 1. The molecule has 1 atom stereocenters. The Labute approximate surface area is 150 Å². The van der Waals surface area contributed by atoms with Gasteiger partial charge in [0.2, 0.25) is 5.82 Å². The number of aromatic nitrogens is 3. The Balaban J connectivity index is 1.96. The number of likely N-dealkylation sites (tertiary alicyclic amines) is 1. The maximum atomic E-state index is 14.2. The van der Waals surface area contributed by atoms with E-state index in [1.807, 2.05) is 13.8 Å². The van der Waals surface area contributed by atoms with Crippen LogP contribution in [-0.4, -0.2) is 49.2 Å². The molecule has 1 fully saturated rings. The quantitative estimate of drug-likeness (QED) is 0.885. The van der Waals surface area contributed by atoms with E-state index < -0.39 is 17.7 Å². The van der Waals surface area contributed by atoms with Crippen LogP contribution in [0.25, 0.3) is 5.69 Å². The van der Waals surface area contributed by atoms with Crippen LogP contribution in [0.5, 0.6) is 0 Å². The van der Waals surface area contributed by atoms with Gasteiger partial charge in [0, 0.05) is 18.5 Å². The maximum Gasteiger partial charge on any atom is 0.305 e. The van der Waals surface area contributed by atoms with Crippen molar-refractivity contribution < 1.29 is 19.1 Å². The van der Waals surface area contributed by atoms with Gasteiger partial charge in [-0.1, -0.05) is 26.0 Å². The Bertz CT molecular complexity index is 834. The SMILES string of the molecule is CC(C)c1nc(C(=O)N2CCCC2CC(=O)O)nn1-c1ccccc1F. The van der Waals surface area contributed by atoms with Crippen molar-refractivity contribution in [3.05, 3.63) is 41.7 Å². The van der Waals surface area contributed by atoms with Crippen LogP contribution >= 0.6 is 0 Å². The number of aliphatic carboxylic acids is 1. The summed E-state index contributed by atoms with van der Waals surface area (Å²) in [4.78, 5) is 29.7. The van der Waals surface area contributed by atoms with Gasteiger partial charge >= 0.3 is 5.97 Å². The van der Waals surface area contributed by atoms with Gasteiger partial charge < -0.3 is 10.0 Å². The molecule has 26 heavy (non-hydrogen) atoms. The number of para-hydroxylation sites is 1. The fraction of sp³-hybridized carbons (Fsp3) is 0.444. The van der Waals surface area contributed by atoms with Crippen molar-refractivity contribution in [2.75, 3.05) is 6.54 Å². The third kappa shape index (κ3) is 3.44. The first-order chi connectivity index (χ1) is 12.4. The molecule has 1 aliphatic rings. The van der Waals surface area contributed by atoms with Gasteiger partial charge in [-0.05, 0) is 25.0 Å². The number of halogens is 1. The second-order valence-corrected chi connectivity index (χ2v) is 6.70. The molecule has 2 heterocycles. The molecule has 2 aromatic rings. The number of carbonyl (C=O) groups is 2. The van der Waals surface area contributed by atoms with E-state index in [1.54, 1.807) is 18.2 Å². The fourth-order valence-corrected chi connectivity index (χ4v) is 3.23. The van der Waals surface area contributed by atoms with Gasteiger partial charge in [-0.2, -0.15) is 0 Å². The van der Waals surface area contributed by atoms with Crippen LogP contribution < -0.4 is 0 Å². The fourth-order valence-electron chi connectivity index (χ4n) is 3.23. The molecule has 3 rings (SSSR count). The van der Waals surface area contributed by atoms with Crippen molar-refractivity contribution in [1.82, 2.24) is 19.7 Å². The molecule has 138 valence electrons. The summed E-state index contributed by atoms with van der Waals surface area (Å²) < 4.78 is 15.5. The number of carboxylic acid groups (broad SMARTS) is 1. The van der Waals surface area contributed by atoms with Crippen LogP contribution in [0.3, 0.4) is 0 Å². The minimum Gasteiger partial charge on any atom is -0.481 e. The van der Waals surface area contributed by atoms with E-state index in [0.717, 1.165) is 6.42 Å². The molecule has 8 heteroatoms. The molecule has 0 radical (unpaired) electrons. The average Bonchev–Trinajstić information content (AvgIpc) is 3.21. The molecule has 1 aliphatic heterocycles. The van der Waals surface area contributed by atoms with Gasteiger partial charge in [0.1, 0.15) is 17.3 Å². The molecule has 0 spiro atoms. The van der Waals surface area contributed by atoms with Gasteiger partial charge in [-0.15, -0.1) is 5.10 Å². The lowest BCUT2D eigenvalue weighted by molar-refractivity contribution is -0.137. The monoisotopic (exact) mass is 360 g/mol. The molecule has 0 saturated carbocycles. The summed E-state index contributed by atoms with van der Waals surface area (Å²) >= 11 is 0. The van der Waals surface area contributed by atoms with Crippen LogP contribution in [0.2, 0.25) is 0 Å². The third-order valence-electron chi connectivity index (χ3n) is 4.47. The predicted molar refractivity (Wildman–Crippen MR) is 91.7 cm³/mol. The molecular formula is C18H21FN4O3. The lowest BCUT2D eigenvalue weighted by Crippen LogP contribution is -2.37. The number of rotatable bonds is 5. The highest BCUT2D eigenvalue weighted by Crippen LogP contribution is 2.24. The minimum atomic E-state index is -0.942. The maximum absolute atomic E-state index is 14.2. The van der Waals surface area contributed by atoms with E-state index >= 15 is 0 Å². The molecule has 1 saturated heterocycles. The first-order valence-electron chi connectivity index (χ1n) is 8.63. The molecule has 1 aromatic carbocycles. The third-order valence-corrected chi connectivity index (χ3v) is 4.47. The number of carbonyl (C=O) groups excluding carboxylic acids is 1. The molecule has 7 nitrogen and oxygen atoms in total. The van der Waals surface area contributed by atoms with Gasteiger partial charge in [0.15, 0.2) is 0 Å². The molecule has 1 amide bonds. The van der Waals surface area contributed by atoms with Gasteiger partial charge in [-0.3, -0.25) is 9.59 Å². The van der Waals surface area contributed by atoms with E-state index in [1.165, 1.54) is 15.6 Å². The number of carboxylic acids is 1. The Morgan fingerprint density at radius 3 is 2.73 bits per heavy atom. The minimum absolute atomic E-state index is 0.0331. The van der Waals surface area contributed by atoms with E-state index in [4.69, 9.17) is 5.11 Å². The highest BCUT2D eigenvalue weighted by Gasteiger charge is 2.33. The van der Waals surface area contributed by atoms with Crippen LogP contribution in [0.4, 0.5) is 4.39 Å². The number of hydrogen-bond acceptors (Lipinski definition) is 4. The average molecular weight is 360 g/mol. The van der Waals surface area contributed by atoms with Gasteiger partial charge in [0.05, 0.1) is 6.42 Å². The summed E-state index contributed by atoms with van der Waals surface area (Å²) in [7, 11) is 0. The summed E-state index contributed by atoms with van der Waals surface area (Å²) in [6.07, 6.45) is 1.29. The molecular weight excluding hydrogens is 339 g/mol. The highest BCUT2D eigenvalue weighted by atomic mass is 19.1. The van der Waals surface area contributed by atoms with Crippen LogP contribution in [-0.2, 0) is 4.79 Å². The van der Waals surface area contributed by atoms with E-state index in [2.05, 4.69) is 10.1 Å². The van der Waals surface area contributed by atoms with Crippen LogP contribution in [0, 0.1) is 5.82 Å². The lowest BCUT2D eigenvalue weighted by Gasteiger charge is -2.21. The number of nitrogens with zero attached hydrogens (tertiary/aromatic N) is 4. The standard InChI is InChI=1S/C18H21FN4O3/c1-11(2)17-20-16(21-23(17)14-8-4-3-7-13(14)19)18(26)22-9-5-6-12(22)10-15(24)25/h3-4,7-8,11-12H,5-6,9-10H2,1-2H3,(H,24,25). The summed E-state index contributed by atoms with van der Waals surface area (Å²) in [6.45, 7) is 4.25. The number of amides is 1. The van der Waals surface area contributed by atoms with Crippen LogP contribution in [0.15, 0.2) is 24.3 Å². The Kier molecular flexibility index (Phi) is 5.01. The first kappa shape index (κ1) is 18.0. The number of benzene rings is 1. The second kappa shape index (κ2) is 7.23. The molecule has 0 aliphatic carbocycles. The first-order valence-corrected chi connectivity index (χ1v) is 8.63. The van der Waals surface area contributed by atoms with Crippen molar-refractivity contribution >= 4 is 11.9 Å². The topological polar surface area (TPSA) is 88.3 Å².